The van der Waals surface area contributed by atoms with Gasteiger partial charge < -0.3 is 0 Å². The molecule has 88 valence electrons. The Balaban J connectivity index is 2.31. The summed E-state index contributed by atoms with van der Waals surface area (Å²) in [4.78, 5) is 13.5. The summed E-state index contributed by atoms with van der Waals surface area (Å²) in [5.74, 6) is 7.39. The highest BCUT2D eigenvalue weighted by Gasteiger charge is 2.23. The predicted molar refractivity (Wildman–Crippen MR) is 64.5 cm³/mol. The molecular weight excluding hydrogens is 210 g/mol. The van der Waals surface area contributed by atoms with Crippen molar-refractivity contribution in [2.24, 2.45) is 5.84 Å². The summed E-state index contributed by atoms with van der Waals surface area (Å²) < 4.78 is 0. The molecule has 1 aliphatic rings. The number of carbonyl (C=O) groups is 1. The van der Waals surface area contributed by atoms with Crippen LogP contribution in [0.15, 0.2) is 0 Å². The zero-order valence-electron chi connectivity index (χ0n) is 9.53. The van der Waals surface area contributed by atoms with Gasteiger partial charge >= 0.3 is 0 Å². The number of nitrogens with zero attached hydrogens (tertiary/aromatic N) is 1. The smallest absolute Gasteiger partial charge is 0.233 e. The van der Waals surface area contributed by atoms with Gasteiger partial charge in [0, 0.05) is 36.6 Å². The van der Waals surface area contributed by atoms with E-state index in [-0.39, 0.29) is 5.91 Å². The van der Waals surface area contributed by atoms with E-state index in [9.17, 15) is 4.79 Å². The van der Waals surface area contributed by atoms with Gasteiger partial charge in [0.2, 0.25) is 5.91 Å². The Kier molecular flexibility index (Phi) is 5.42. The number of nitrogens with one attached hydrogen (secondary N) is 1. The molecule has 1 amide bonds. The second-order valence-electron chi connectivity index (χ2n) is 4.12. The first kappa shape index (κ1) is 12.8. The lowest BCUT2D eigenvalue weighted by Gasteiger charge is -2.37. The fraction of sp³-hybridized carbons (Fsp3) is 0.900. The average molecular weight is 231 g/mol. The lowest BCUT2D eigenvalue weighted by molar-refractivity contribution is -0.121. The highest BCUT2D eigenvalue weighted by atomic mass is 32.2. The minimum absolute atomic E-state index is 0.0686. The van der Waals surface area contributed by atoms with E-state index < -0.39 is 0 Å². The van der Waals surface area contributed by atoms with Gasteiger partial charge in [0.15, 0.2) is 0 Å². The molecule has 3 N–H and O–H groups in total. The van der Waals surface area contributed by atoms with Crippen molar-refractivity contribution >= 4 is 17.7 Å². The molecule has 1 rings (SSSR count). The highest BCUT2D eigenvalue weighted by Crippen LogP contribution is 2.20. The van der Waals surface area contributed by atoms with Crippen molar-refractivity contribution in [2.45, 2.75) is 38.8 Å². The third kappa shape index (κ3) is 4.01. The number of hydrogen-bond donors (Lipinski definition) is 2. The maximum atomic E-state index is 11.0. The van der Waals surface area contributed by atoms with Crippen molar-refractivity contribution in [1.82, 2.24) is 10.3 Å². The van der Waals surface area contributed by atoms with E-state index in [1.807, 2.05) is 11.8 Å². The molecule has 1 heterocycles. The Hall–Kier alpha value is -0.260. The van der Waals surface area contributed by atoms with Gasteiger partial charge in [0.25, 0.3) is 0 Å². The van der Waals surface area contributed by atoms with Gasteiger partial charge in [-0.25, -0.2) is 5.84 Å². The zero-order valence-corrected chi connectivity index (χ0v) is 10.3. The standard InChI is InChI=1S/C10H21N3OS/c1-8(3-4-10(14)12-11)13-5-6-15-7-9(13)2/h8-9H,3-7,11H2,1-2H3,(H,12,14). The van der Waals surface area contributed by atoms with Crippen molar-refractivity contribution < 1.29 is 4.79 Å². The third-order valence-corrected chi connectivity index (χ3v) is 4.12. The van der Waals surface area contributed by atoms with Crippen molar-refractivity contribution in [2.75, 3.05) is 18.1 Å². The number of rotatable bonds is 4. The van der Waals surface area contributed by atoms with Crippen LogP contribution < -0.4 is 11.3 Å². The van der Waals surface area contributed by atoms with Gasteiger partial charge in [0.1, 0.15) is 0 Å². The predicted octanol–water partition coefficient (Wildman–Crippen LogP) is 0.582. The lowest BCUT2D eigenvalue weighted by Crippen LogP contribution is -2.46. The van der Waals surface area contributed by atoms with Gasteiger partial charge in [-0.2, -0.15) is 11.8 Å². The molecule has 2 unspecified atom stereocenters. The lowest BCUT2D eigenvalue weighted by atomic mass is 10.1. The van der Waals surface area contributed by atoms with Crippen LogP contribution in [0.3, 0.4) is 0 Å². The average Bonchev–Trinajstić information content (AvgIpc) is 2.26. The summed E-state index contributed by atoms with van der Waals surface area (Å²) in [5, 5.41) is 0. The minimum Gasteiger partial charge on any atom is -0.296 e. The SMILES string of the molecule is CC(CCC(=O)NN)N1CCSCC1C. The Morgan fingerprint density at radius 2 is 2.47 bits per heavy atom. The molecule has 0 aliphatic carbocycles. The van der Waals surface area contributed by atoms with Crippen LogP contribution in [0.4, 0.5) is 0 Å². The molecule has 1 aliphatic heterocycles. The first-order chi connectivity index (χ1) is 7.15. The molecule has 0 spiro atoms. The number of amides is 1. The number of hydrazine groups is 1. The second kappa shape index (κ2) is 6.35. The van der Waals surface area contributed by atoms with Crippen LogP contribution in [-0.2, 0) is 4.79 Å². The quantitative estimate of drug-likeness (QED) is 0.422. The first-order valence-electron chi connectivity index (χ1n) is 5.48. The topological polar surface area (TPSA) is 58.4 Å². The minimum atomic E-state index is -0.0686. The second-order valence-corrected chi connectivity index (χ2v) is 5.27. The van der Waals surface area contributed by atoms with Crippen molar-refractivity contribution in [1.29, 1.82) is 0 Å². The molecule has 15 heavy (non-hydrogen) atoms. The monoisotopic (exact) mass is 231 g/mol. The van der Waals surface area contributed by atoms with E-state index in [1.54, 1.807) is 0 Å². The fourth-order valence-corrected chi connectivity index (χ4v) is 3.01. The van der Waals surface area contributed by atoms with Crippen LogP contribution in [0.2, 0.25) is 0 Å². The van der Waals surface area contributed by atoms with E-state index in [0.717, 1.165) is 13.0 Å². The molecule has 1 fully saturated rings. The largest absolute Gasteiger partial charge is 0.296 e. The number of nitrogens with two attached hydrogens (primary N) is 1. The molecule has 0 aromatic heterocycles. The summed E-state index contributed by atoms with van der Waals surface area (Å²) in [6.45, 7) is 5.58. The molecule has 5 heteroatoms. The van der Waals surface area contributed by atoms with Crippen LogP contribution >= 0.6 is 11.8 Å². The van der Waals surface area contributed by atoms with E-state index in [1.165, 1.54) is 11.5 Å². The van der Waals surface area contributed by atoms with Crippen LogP contribution in [0.5, 0.6) is 0 Å². The maximum Gasteiger partial charge on any atom is 0.233 e. The highest BCUT2D eigenvalue weighted by molar-refractivity contribution is 7.99. The Morgan fingerprint density at radius 1 is 1.73 bits per heavy atom. The Bertz CT molecular complexity index is 213. The molecule has 0 aromatic carbocycles. The molecule has 4 nitrogen and oxygen atoms in total. The van der Waals surface area contributed by atoms with Crippen LogP contribution in [0, 0.1) is 0 Å². The maximum absolute atomic E-state index is 11.0. The Morgan fingerprint density at radius 3 is 3.07 bits per heavy atom. The van der Waals surface area contributed by atoms with Crippen LogP contribution in [0.1, 0.15) is 26.7 Å². The number of hydrogen-bond acceptors (Lipinski definition) is 4. The summed E-state index contributed by atoms with van der Waals surface area (Å²) >= 11 is 2.01. The summed E-state index contributed by atoms with van der Waals surface area (Å²) in [6.07, 6.45) is 1.41. The van der Waals surface area contributed by atoms with Crippen molar-refractivity contribution in [3.8, 4) is 0 Å². The van der Waals surface area contributed by atoms with Crippen molar-refractivity contribution in [3.63, 3.8) is 0 Å². The van der Waals surface area contributed by atoms with Crippen LogP contribution in [0.25, 0.3) is 0 Å². The van der Waals surface area contributed by atoms with Gasteiger partial charge in [-0.3, -0.25) is 15.1 Å². The molecule has 0 aromatic rings. The Labute approximate surface area is 95.9 Å². The molecule has 1 saturated heterocycles. The first-order valence-corrected chi connectivity index (χ1v) is 6.63. The van der Waals surface area contributed by atoms with Gasteiger partial charge in [-0.15, -0.1) is 0 Å². The van der Waals surface area contributed by atoms with Crippen LogP contribution in [-0.4, -0.2) is 40.9 Å². The number of thioether (sulfide) groups is 1. The third-order valence-electron chi connectivity index (χ3n) is 2.94. The van der Waals surface area contributed by atoms with Gasteiger partial charge in [-0.1, -0.05) is 0 Å². The number of carbonyl (C=O) groups excluding carboxylic acids is 1. The van der Waals surface area contributed by atoms with Crippen molar-refractivity contribution in [3.05, 3.63) is 0 Å². The van der Waals surface area contributed by atoms with Gasteiger partial charge in [0.05, 0.1) is 0 Å². The fourth-order valence-electron chi connectivity index (χ4n) is 1.97. The van der Waals surface area contributed by atoms with E-state index in [0.29, 0.717) is 18.5 Å². The van der Waals surface area contributed by atoms with E-state index >= 15 is 0 Å². The zero-order chi connectivity index (χ0) is 11.3. The summed E-state index contributed by atoms with van der Waals surface area (Å²) in [7, 11) is 0. The normalized spacial score (nSPS) is 24.9. The van der Waals surface area contributed by atoms with Gasteiger partial charge in [-0.05, 0) is 20.3 Å². The summed E-state index contributed by atoms with van der Waals surface area (Å²) in [5.41, 5.74) is 2.17. The molecule has 2 atom stereocenters. The molecule has 0 radical (unpaired) electrons. The molecule has 0 saturated carbocycles. The molecule has 0 bridgehead atoms. The van der Waals surface area contributed by atoms with E-state index in [4.69, 9.17) is 5.84 Å². The molecular formula is C10H21N3OS. The van der Waals surface area contributed by atoms with E-state index in [2.05, 4.69) is 24.2 Å². The summed E-state index contributed by atoms with van der Waals surface area (Å²) in [6, 6.07) is 1.10.